The standard InChI is InChI=1S/C12H24/c1-6-11(4)7-8-12(5)9-10(2)3/h7-8,10-12H,6,9H2,1-5H3/b8-7-. The van der Waals surface area contributed by atoms with Gasteiger partial charge in [-0.25, -0.2) is 0 Å². The van der Waals surface area contributed by atoms with Crippen molar-refractivity contribution in [3.63, 3.8) is 0 Å². The van der Waals surface area contributed by atoms with Gasteiger partial charge in [0.1, 0.15) is 0 Å². The van der Waals surface area contributed by atoms with Crippen LogP contribution in [0.25, 0.3) is 0 Å². The summed E-state index contributed by atoms with van der Waals surface area (Å²) in [4.78, 5) is 0. The molecule has 0 aromatic rings. The molecular weight excluding hydrogens is 144 g/mol. The first-order valence-electron chi connectivity index (χ1n) is 5.24. The average Bonchev–Trinajstić information content (AvgIpc) is 1.99. The van der Waals surface area contributed by atoms with Gasteiger partial charge in [0.15, 0.2) is 0 Å². The molecule has 2 unspecified atom stereocenters. The highest BCUT2D eigenvalue weighted by molar-refractivity contribution is 4.89. The highest BCUT2D eigenvalue weighted by Crippen LogP contribution is 2.13. The maximum atomic E-state index is 2.37. The summed E-state index contributed by atoms with van der Waals surface area (Å²) in [5.41, 5.74) is 0. The second kappa shape index (κ2) is 6.28. The van der Waals surface area contributed by atoms with Crippen LogP contribution in [0.1, 0.15) is 47.5 Å². The van der Waals surface area contributed by atoms with Crippen LogP contribution in [-0.4, -0.2) is 0 Å². The minimum absolute atomic E-state index is 0.749. The topological polar surface area (TPSA) is 0 Å². The highest BCUT2D eigenvalue weighted by atomic mass is 14.1. The Morgan fingerprint density at radius 3 is 1.83 bits per heavy atom. The third-order valence-electron chi connectivity index (χ3n) is 2.26. The van der Waals surface area contributed by atoms with E-state index in [-0.39, 0.29) is 0 Å². The van der Waals surface area contributed by atoms with Crippen LogP contribution in [-0.2, 0) is 0 Å². The molecule has 0 bridgehead atoms. The van der Waals surface area contributed by atoms with Gasteiger partial charge in [-0.3, -0.25) is 0 Å². The molecule has 0 aliphatic rings. The molecule has 0 amide bonds. The number of rotatable bonds is 5. The van der Waals surface area contributed by atoms with E-state index in [9.17, 15) is 0 Å². The van der Waals surface area contributed by atoms with E-state index >= 15 is 0 Å². The third kappa shape index (κ3) is 6.45. The lowest BCUT2D eigenvalue weighted by atomic mass is 9.97. The van der Waals surface area contributed by atoms with Crippen LogP contribution in [0.15, 0.2) is 12.2 Å². The van der Waals surface area contributed by atoms with Gasteiger partial charge in [0, 0.05) is 0 Å². The molecule has 0 N–H and O–H groups in total. The Kier molecular flexibility index (Phi) is 6.14. The van der Waals surface area contributed by atoms with Crippen molar-refractivity contribution in [1.29, 1.82) is 0 Å². The predicted molar refractivity (Wildman–Crippen MR) is 57.2 cm³/mol. The molecule has 0 aliphatic carbocycles. The van der Waals surface area contributed by atoms with E-state index in [2.05, 4.69) is 46.8 Å². The van der Waals surface area contributed by atoms with Crippen LogP contribution in [0.5, 0.6) is 0 Å². The molecule has 0 rings (SSSR count). The quantitative estimate of drug-likeness (QED) is 0.538. The van der Waals surface area contributed by atoms with Crippen molar-refractivity contribution in [2.45, 2.75) is 47.5 Å². The largest absolute Gasteiger partial charge is 0.0854 e. The summed E-state index contributed by atoms with van der Waals surface area (Å²) in [5, 5.41) is 0. The number of allylic oxidation sites excluding steroid dienone is 2. The van der Waals surface area contributed by atoms with E-state index in [4.69, 9.17) is 0 Å². The van der Waals surface area contributed by atoms with Gasteiger partial charge in [0.05, 0.1) is 0 Å². The van der Waals surface area contributed by atoms with Crippen LogP contribution in [0, 0.1) is 17.8 Å². The number of hydrogen-bond donors (Lipinski definition) is 0. The molecule has 0 saturated heterocycles. The van der Waals surface area contributed by atoms with E-state index in [1.807, 2.05) is 0 Å². The molecule has 0 heterocycles. The molecule has 0 aromatic carbocycles. The smallest absolute Gasteiger partial charge is 0.0259 e. The fourth-order valence-corrected chi connectivity index (χ4v) is 1.34. The van der Waals surface area contributed by atoms with Gasteiger partial charge in [-0.15, -0.1) is 0 Å². The van der Waals surface area contributed by atoms with E-state index in [1.165, 1.54) is 12.8 Å². The molecular formula is C12H24. The van der Waals surface area contributed by atoms with Crippen molar-refractivity contribution in [3.05, 3.63) is 12.2 Å². The zero-order valence-electron chi connectivity index (χ0n) is 9.30. The second-order valence-corrected chi connectivity index (χ2v) is 4.38. The summed E-state index contributed by atoms with van der Waals surface area (Å²) >= 11 is 0. The van der Waals surface area contributed by atoms with Gasteiger partial charge in [-0.1, -0.05) is 53.2 Å². The first kappa shape index (κ1) is 11.7. The lowest BCUT2D eigenvalue weighted by molar-refractivity contribution is 0.500. The molecule has 72 valence electrons. The van der Waals surface area contributed by atoms with Crippen LogP contribution in [0.3, 0.4) is 0 Å². The zero-order chi connectivity index (χ0) is 9.56. The van der Waals surface area contributed by atoms with E-state index in [0.717, 1.165) is 17.8 Å². The van der Waals surface area contributed by atoms with Gasteiger partial charge in [-0.05, 0) is 24.2 Å². The summed E-state index contributed by atoms with van der Waals surface area (Å²) in [5.74, 6) is 2.32. The Morgan fingerprint density at radius 1 is 0.917 bits per heavy atom. The van der Waals surface area contributed by atoms with Crippen LogP contribution >= 0.6 is 0 Å². The first-order valence-corrected chi connectivity index (χ1v) is 5.24. The second-order valence-electron chi connectivity index (χ2n) is 4.38. The molecule has 0 spiro atoms. The molecule has 0 aliphatic heterocycles. The summed E-state index contributed by atoms with van der Waals surface area (Å²) in [6, 6.07) is 0. The van der Waals surface area contributed by atoms with E-state index in [0.29, 0.717) is 0 Å². The van der Waals surface area contributed by atoms with Gasteiger partial charge < -0.3 is 0 Å². The predicted octanol–water partition coefficient (Wildman–Crippen LogP) is 4.27. The summed E-state index contributed by atoms with van der Waals surface area (Å²) in [6.45, 7) is 11.4. The minimum atomic E-state index is 0.749. The zero-order valence-corrected chi connectivity index (χ0v) is 9.30. The lowest BCUT2D eigenvalue weighted by Crippen LogP contribution is -1.97. The van der Waals surface area contributed by atoms with Crippen molar-refractivity contribution in [3.8, 4) is 0 Å². The Bertz CT molecular complexity index is 122. The fraction of sp³-hybridized carbons (Fsp3) is 0.833. The Morgan fingerprint density at radius 2 is 1.42 bits per heavy atom. The van der Waals surface area contributed by atoms with E-state index in [1.54, 1.807) is 0 Å². The maximum Gasteiger partial charge on any atom is -0.0259 e. The summed E-state index contributed by atoms with van der Waals surface area (Å²) in [6.07, 6.45) is 7.29. The Labute approximate surface area is 78.1 Å². The molecule has 0 fully saturated rings. The summed E-state index contributed by atoms with van der Waals surface area (Å²) < 4.78 is 0. The van der Waals surface area contributed by atoms with Gasteiger partial charge >= 0.3 is 0 Å². The molecule has 0 nitrogen and oxygen atoms in total. The average molecular weight is 168 g/mol. The Hall–Kier alpha value is -0.260. The van der Waals surface area contributed by atoms with Crippen molar-refractivity contribution >= 4 is 0 Å². The van der Waals surface area contributed by atoms with Crippen molar-refractivity contribution in [1.82, 2.24) is 0 Å². The van der Waals surface area contributed by atoms with Gasteiger partial charge in [0.2, 0.25) is 0 Å². The fourth-order valence-electron chi connectivity index (χ4n) is 1.34. The monoisotopic (exact) mass is 168 g/mol. The molecule has 2 atom stereocenters. The van der Waals surface area contributed by atoms with Gasteiger partial charge in [0.25, 0.3) is 0 Å². The van der Waals surface area contributed by atoms with Crippen molar-refractivity contribution < 1.29 is 0 Å². The SMILES string of the molecule is CCC(C)/C=C\C(C)CC(C)C. The van der Waals surface area contributed by atoms with Crippen molar-refractivity contribution in [2.75, 3.05) is 0 Å². The first-order chi connectivity index (χ1) is 5.56. The highest BCUT2D eigenvalue weighted by Gasteiger charge is 2.00. The summed E-state index contributed by atoms with van der Waals surface area (Å²) in [7, 11) is 0. The minimum Gasteiger partial charge on any atom is -0.0854 e. The maximum absolute atomic E-state index is 2.37. The normalized spacial score (nSPS) is 17.2. The van der Waals surface area contributed by atoms with Crippen LogP contribution < -0.4 is 0 Å². The van der Waals surface area contributed by atoms with Crippen molar-refractivity contribution in [2.24, 2.45) is 17.8 Å². The van der Waals surface area contributed by atoms with Gasteiger partial charge in [-0.2, -0.15) is 0 Å². The Balaban J connectivity index is 3.67. The lowest BCUT2D eigenvalue weighted by Gasteiger charge is -2.09. The molecule has 12 heavy (non-hydrogen) atoms. The molecule has 0 radical (unpaired) electrons. The molecule has 0 saturated carbocycles. The number of hydrogen-bond acceptors (Lipinski definition) is 0. The third-order valence-corrected chi connectivity index (χ3v) is 2.26. The van der Waals surface area contributed by atoms with E-state index < -0.39 is 0 Å². The van der Waals surface area contributed by atoms with Crippen LogP contribution in [0.4, 0.5) is 0 Å². The molecule has 0 heteroatoms. The molecule has 0 aromatic heterocycles. The van der Waals surface area contributed by atoms with Crippen LogP contribution in [0.2, 0.25) is 0 Å².